The van der Waals surface area contributed by atoms with Gasteiger partial charge in [-0.05, 0) is 39.5 Å². The number of aliphatic carboxylic acids is 3. The van der Waals surface area contributed by atoms with Gasteiger partial charge in [0.2, 0.25) is 41.4 Å². The summed E-state index contributed by atoms with van der Waals surface area (Å²) in [5.74, 6) is -12.1. The van der Waals surface area contributed by atoms with E-state index in [1.807, 2.05) is 0 Å². The number of nitrogens with one attached hydrogen (secondary N) is 5. The monoisotopic (exact) mass is 734 g/mol. The second-order valence-electron chi connectivity index (χ2n) is 11.5. The van der Waals surface area contributed by atoms with Crippen LogP contribution in [0.5, 0.6) is 0 Å². The van der Waals surface area contributed by atoms with E-state index in [9.17, 15) is 63.3 Å². The quantitative estimate of drug-likeness (QED) is 0.0415. The molecule has 288 valence electrons. The molecule has 0 unspecified atom stereocenters. The minimum absolute atomic E-state index is 0.450. The lowest BCUT2D eigenvalue weighted by Crippen LogP contribution is -2.61. The van der Waals surface area contributed by atoms with Gasteiger partial charge in [0.05, 0.1) is 12.2 Å². The first-order valence-corrected chi connectivity index (χ1v) is 15.4. The van der Waals surface area contributed by atoms with Crippen LogP contribution in [0, 0.1) is 0 Å². The molecule has 16 N–H and O–H groups in total. The predicted molar refractivity (Wildman–Crippen MR) is 169 cm³/mol. The van der Waals surface area contributed by atoms with Gasteiger partial charge in [0, 0.05) is 25.7 Å². The molecule has 0 bridgehead atoms. The molecule has 0 aliphatic carbocycles. The van der Waals surface area contributed by atoms with Crippen LogP contribution >= 0.6 is 0 Å². The first-order valence-electron chi connectivity index (χ1n) is 15.4. The predicted octanol–water partition coefficient (Wildman–Crippen LogP) is -6.16. The summed E-state index contributed by atoms with van der Waals surface area (Å²) in [6.07, 6.45) is -7.56. The fourth-order valence-electron chi connectivity index (χ4n) is 4.12. The summed E-state index contributed by atoms with van der Waals surface area (Å²) >= 11 is 0. The Morgan fingerprint density at radius 2 is 0.824 bits per heavy atom. The lowest BCUT2D eigenvalue weighted by molar-refractivity contribution is -0.143. The van der Waals surface area contributed by atoms with Gasteiger partial charge in [-0.1, -0.05) is 0 Å². The van der Waals surface area contributed by atoms with Gasteiger partial charge in [-0.2, -0.15) is 0 Å². The number of nitrogens with two attached hydrogens (primary N) is 3. The van der Waals surface area contributed by atoms with E-state index in [1.165, 1.54) is 6.92 Å². The highest BCUT2D eigenvalue weighted by molar-refractivity contribution is 5.97. The fourth-order valence-corrected chi connectivity index (χ4v) is 4.12. The molecular formula is C28H46N8O15. The molecule has 0 saturated heterocycles. The molecule has 0 aliphatic heterocycles. The number of carboxylic acid groups (broad SMARTS) is 3. The SMILES string of the molecule is C[C@@H](O)[C@H](N)C(=O)N[C@@H](CCC(=O)O)C(=O)N[C@H](C(=O)N[C@@H](CCC(N)=O)C(=O)N[C@@H](CCC(=O)O)C(=O)N[C@@H](CCC(N)=O)C(=O)O)[C@@H](C)O. The second kappa shape index (κ2) is 22.3. The zero-order chi connectivity index (χ0) is 39.6. The highest BCUT2D eigenvalue weighted by atomic mass is 16.4. The lowest BCUT2D eigenvalue weighted by Gasteiger charge is -2.28. The van der Waals surface area contributed by atoms with Crippen molar-refractivity contribution in [2.75, 3.05) is 0 Å². The van der Waals surface area contributed by atoms with E-state index in [2.05, 4.69) is 26.6 Å². The van der Waals surface area contributed by atoms with E-state index < -0.39 is 159 Å². The highest BCUT2D eigenvalue weighted by Gasteiger charge is 2.35. The molecule has 51 heavy (non-hydrogen) atoms. The normalized spacial score (nSPS) is 15.5. The Balaban J connectivity index is 6.24. The van der Waals surface area contributed by atoms with Crippen molar-refractivity contribution in [3.8, 4) is 0 Å². The third kappa shape index (κ3) is 18.2. The standard InChI is InChI=1S/C28H46N8O15/c1-11(37)21(31)26(48)33-15(6-10-20(43)44)25(47)36-22(12(2)38)27(49)34-13(3-7-17(29)39)23(45)32-14(5-9-19(41)42)24(46)35-16(28(50)51)4-8-18(30)40/h11-16,21-22,37-38H,3-10,31H2,1-2H3,(H2,29,39)(H2,30,40)(H,32,45)(H,33,48)(H,34,49)(H,35,46)(H,36,47)(H,41,42)(H,43,44)(H,50,51)/t11-,12-,13+,14+,15+,16+,21+,22+/m1/s1. The Kier molecular flexibility index (Phi) is 20.0. The Bertz CT molecular complexity index is 1310. The van der Waals surface area contributed by atoms with Gasteiger partial charge in [-0.3, -0.25) is 43.2 Å². The molecule has 0 spiro atoms. The van der Waals surface area contributed by atoms with E-state index in [-0.39, 0.29) is 0 Å². The van der Waals surface area contributed by atoms with E-state index in [1.54, 1.807) is 0 Å². The van der Waals surface area contributed by atoms with E-state index in [0.717, 1.165) is 6.92 Å². The van der Waals surface area contributed by atoms with Crippen LogP contribution in [0.25, 0.3) is 0 Å². The van der Waals surface area contributed by atoms with Crippen molar-refractivity contribution in [1.82, 2.24) is 26.6 Å². The van der Waals surface area contributed by atoms with Gasteiger partial charge in [0.15, 0.2) is 0 Å². The van der Waals surface area contributed by atoms with Crippen molar-refractivity contribution < 1.29 is 73.5 Å². The summed E-state index contributed by atoms with van der Waals surface area (Å²) in [6, 6.07) is -10.2. The smallest absolute Gasteiger partial charge is 0.326 e. The molecule has 0 aromatic carbocycles. The van der Waals surface area contributed by atoms with Crippen molar-refractivity contribution in [2.24, 2.45) is 17.2 Å². The highest BCUT2D eigenvalue weighted by Crippen LogP contribution is 2.08. The average molecular weight is 735 g/mol. The molecule has 0 heterocycles. The van der Waals surface area contributed by atoms with Crippen molar-refractivity contribution in [2.45, 2.75) is 114 Å². The van der Waals surface area contributed by atoms with Crippen LogP contribution in [0.15, 0.2) is 0 Å². The number of hydrogen-bond donors (Lipinski definition) is 13. The third-order valence-electron chi connectivity index (χ3n) is 7.05. The van der Waals surface area contributed by atoms with E-state index in [4.69, 9.17) is 27.4 Å². The summed E-state index contributed by atoms with van der Waals surface area (Å²) in [5, 5.41) is 58.1. The number of amides is 7. The van der Waals surface area contributed by atoms with Crippen LogP contribution in [-0.2, 0) is 47.9 Å². The molecule has 0 rings (SSSR count). The summed E-state index contributed by atoms with van der Waals surface area (Å²) in [6.45, 7) is 2.22. The third-order valence-corrected chi connectivity index (χ3v) is 7.05. The van der Waals surface area contributed by atoms with Crippen LogP contribution in [-0.4, -0.2) is 133 Å². The van der Waals surface area contributed by atoms with Crippen LogP contribution in [0.2, 0.25) is 0 Å². The summed E-state index contributed by atoms with van der Waals surface area (Å²) < 4.78 is 0. The maximum absolute atomic E-state index is 13.3. The first-order chi connectivity index (χ1) is 23.6. The van der Waals surface area contributed by atoms with Gasteiger partial charge >= 0.3 is 17.9 Å². The Morgan fingerprint density at radius 1 is 0.490 bits per heavy atom. The van der Waals surface area contributed by atoms with Gasteiger partial charge in [0.25, 0.3) is 0 Å². The Labute approximate surface area is 290 Å². The number of carbonyl (C=O) groups is 10. The maximum Gasteiger partial charge on any atom is 0.326 e. The Hall–Kier alpha value is -5.42. The molecule has 0 aliphatic rings. The number of hydrogen-bond acceptors (Lipinski definition) is 13. The molecule has 0 aromatic heterocycles. The van der Waals surface area contributed by atoms with Crippen molar-refractivity contribution in [1.29, 1.82) is 0 Å². The molecule has 7 amide bonds. The lowest BCUT2D eigenvalue weighted by atomic mass is 10.0. The Morgan fingerprint density at radius 3 is 1.18 bits per heavy atom. The number of aliphatic hydroxyl groups is 2. The number of carboxylic acids is 3. The van der Waals surface area contributed by atoms with Crippen LogP contribution < -0.4 is 43.8 Å². The largest absolute Gasteiger partial charge is 0.481 e. The number of carbonyl (C=O) groups excluding carboxylic acids is 7. The summed E-state index contributed by atoms with van der Waals surface area (Å²) in [5.41, 5.74) is 15.8. The molecule has 0 saturated carbocycles. The number of aliphatic hydroxyl groups excluding tert-OH is 2. The van der Waals surface area contributed by atoms with Crippen LogP contribution in [0.1, 0.15) is 65.2 Å². The average Bonchev–Trinajstić information content (AvgIpc) is 3.01. The van der Waals surface area contributed by atoms with Gasteiger partial charge in [-0.25, -0.2) is 4.79 Å². The minimum atomic E-state index is -1.90. The fraction of sp³-hybridized carbons (Fsp3) is 0.643. The second-order valence-corrected chi connectivity index (χ2v) is 11.5. The molecule has 23 heteroatoms. The zero-order valence-electron chi connectivity index (χ0n) is 27.8. The van der Waals surface area contributed by atoms with Gasteiger partial charge in [-0.15, -0.1) is 0 Å². The zero-order valence-corrected chi connectivity index (χ0v) is 27.8. The number of primary amides is 2. The molecule has 0 fully saturated rings. The maximum atomic E-state index is 13.3. The molecule has 0 radical (unpaired) electrons. The molecule has 8 atom stereocenters. The van der Waals surface area contributed by atoms with Gasteiger partial charge in [0.1, 0.15) is 36.3 Å². The minimum Gasteiger partial charge on any atom is -0.481 e. The molecular weight excluding hydrogens is 688 g/mol. The van der Waals surface area contributed by atoms with Crippen LogP contribution in [0.4, 0.5) is 0 Å². The molecule has 23 nitrogen and oxygen atoms in total. The van der Waals surface area contributed by atoms with Crippen molar-refractivity contribution in [3.05, 3.63) is 0 Å². The summed E-state index contributed by atoms with van der Waals surface area (Å²) in [7, 11) is 0. The number of rotatable bonds is 25. The topological polar surface area (TPSA) is 410 Å². The van der Waals surface area contributed by atoms with E-state index in [0.29, 0.717) is 0 Å². The van der Waals surface area contributed by atoms with E-state index >= 15 is 0 Å². The van der Waals surface area contributed by atoms with Gasteiger partial charge < -0.3 is 69.3 Å². The molecule has 0 aromatic rings. The summed E-state index contributed by atoms with van der Waals surface area (Å²) in [4.78, 5) is 122. The van der Waals surface area contributed by atoms with Crippen molar-refractivity contribution >= 4 is 59.3 Å². The van der Waals surface area contributed by atoms with Crippen LogP contribution in [0.3, 0.4) is 0 Å². The first kappa shape index (κ1) is 45.6. The van der Waals surface area contributed by atoms with Crippen molar-refractivity contribution in [3.63, 3.8) is 0 Å².